The molecule has 0 saturated heterocycles. The molecule has 1 heterocycles. The fraction of sp³-hybridized carbons (Fsp3) is 0.381. The molecular formula is C21H25NO6. The summed E-state index contributed by atoms with van der Waals surface area (Å²) in [6, 6.07) is 12.3. The Morgan fingerprint density at radius 3 is 2.46 bits per heavy atom. The van der Waals surface area contributed by atoms with Gasteiger partial charge in [0.2, 0.25) is 6.10 Å². The molecule has 0 spiro atoms. The van der Waals surface area contributed by atoms with Crippen LogP contribution in [-0.4, -0.2) is 56.4 Å². The molecule has 2 unspecified atom stereocenters. The van der Waals surface area contributed by atoms with Gasteiger partial charge in [-0.25, -0.2) is 4.79 Å². The van der Waals surface area contributed by atoms with Crippen LogP contribution in [-0.2, 0) is 4.79 Å². The van der Waals surface area contributed by atoms with Gasteiger partial charge in [0, 0.05) is 12.1 Å². The summed E-state index contributed by atoms with van der Waals surface area (Å²) in [5.41, 5.74) is 0.644. The number of ether oxygens (including phenoxy) is 4. The first-order valence-corrected chi connectivity index (χ1v) is 9.10. The maximum Gasteiger partial charge on any atom is 0.349 e. The van der Waals surface area contributed by atoms with Crippen molar-refractivity contribution in [3.63, 3.8) is 0 Å². The lowest BCUT2D eigenvalue weighted by Gasteiger charge is -2.32. The lowest BCUT2D eigenvalue weighted by Crippen LogP contribution is -2.39. The van der Waals surface area contributed by atoms with E-state index >= 15 is 0 Å². The van der Waals surface area contributed by atoms with Gasteiger partial charge in [0.15, 0.2) is 29.1 Å². The molecule has 0 radical (unpaired) electrons. The van der Waals surface area contributed by atoms with Crippen molar-refractivity contribution in [2.75, 3.05) is 34.4 Å². The average Bonchev–Trinajstić information content (AvgIpc) is 2.69. The molecule has 28 heavy (non-hydrogen) atoms. The number of fused-ring (bicyclic) bond motifs is 1. The highest BCUT2D eigenvalue weighted by Crippen LogP contribution is 2.41. The summed E-state index contributed by atoms with van der Waals surface area (Å²) in [5.74, 6) is 0.959. The number of carboxylic acid groups (broad SMARTS) is 1. The van der Waals surface area contributed by atoms with Gasteiger partial charge in [0.25, 0.3) is 0 Å². The van der Waals surface area contributed by atoms with Crippen molar-refractivity contribution in [2.45, 2.75) is 18.6 Å². The summed E-state index contributed by atoms with van der Waals surface area (Å²) in [6.45, 7) is 1.42. The van der Waals surface area contributed by atoms with E-state index in [-0.39, 0.29) is 0 Å². The molecule has 150 valence electrons. The van der Waals surface area contributed by atoms with Crippen molar-refractivity contribution in [3.05, 3.63) is 48.0 Å². The number of hydrogen-bond donors (Lipinski definition) is 1. The number of benzene rings is 2. The highest BCUT2D eigenvalue weighted by atomic mass is 16.6. The molecule has 1 aliphatic rings. The number of nitrogens with zero attached hydrogens (tertiary/aromatic N) is 1. The average molecular weight is 387 g/mol. The zero-order valence-electron chi connectivity index (χ0n) is 16.3. The predicted molar refractivity (Wildman–Crippen MR) is 104 cm³/mol. The van der Waals surface area contributed by atoms with Crippen molar-refractivity contribution in [3.8, 4) is 23.0 Å². The Balaban J connectivity index is 1.84. The molecule has 1 N–H and O–H groups in total. The zero-order chi connectivity index (χ0) is 20.1. The minimum Gasteiger partial charge on any atom is -0.493 e. The van der Waals surface area contributed by atoms with Crippen LogP contribution in [0.5, 0.6) is 23.0 Å². The van der Waals surface area contributed by atoms with Crippen LogP contribution in [0.1, 0.15) is 18.1 Å². The highest BCUT2D eigenvalue weighted by Gasteiger charge is 2.38. The second-order valence-electron chi connectivity index (χ2n) is 6.78. The van der Waals surface area contributed by atoms with Crippen LogP contribution < -0.4 is 18.9 Å². The van der Waals surface area contributed by atoms with Crippen LogP contribution in [0.25, 0.3) is 0 Å². The molecule has 0 aliphatic carbocycles. The van der Waals surface area contributed by atoms with Gasteiger partial charge in [-0.3, -0.25) is 0 Å². The van der Waals surface area contributed by atoms with Crippen molar-refractivity contribution in [1.29, 1.82) is 0 Å². The molecule has 0 bridgehead atoms. The normalized spacial score (nSPS) is 18.0. The second kappa shape index (κ2) is 8.84. The Morgan fingerprint density at radius 1 is 1.11 bits per heavy atom. The monoisotopic (exact) mass is 387 g/mol. The molecule has 7 heteroatoms. The van der Waals surface area contributed by atoms with Crippen LogP contribution in [0, 0.1) is 0 Å². The first kappa shape index (κ1) is 19.8. The Labute approximate surface area is 164 Å². The maximum absolute atomic E-state index is 11.8. The summed E-state index contributed by atoms with van der Waals surface area (Å²) in [5, 5.41) is 9.63. The Morgan fingerprint density at radius 2 is 1.82 bits per heavy atom. The molecule has 2 aromatic rings. The van der Waals surface area contributed by atoms with Gasteiger partial charge in [0.1, 0.15) is 0 Å². The van der Waals surface area contributed by atoms with Gasteiger partial charge < -0.3 is 29.0 Å². The molecule has 7 nitrogen and oxygen atoms in total. The molecular weight excluding hydrogens is 362 g/mol. The van der Waals surface area contributed by atoms with Gasteiger partial charge in [-0.2, -0.15) is 0 Å². The number of para-hydroxylation sites is 2. The van der Waals surface area contributed by atoms with E-state index in [9.17, 15) is 9.90 Å². The SMILES string of the molecule is COc1ccc(C2Oc3ccccc3OC2C(=O)O)cc1OCCCN(C)C. The molecule has 0 saturated carbocycles. The van der Waals surface area contributed by atoms with Crippen molar-refractivity contribution < 1.29 is 28.8 Å². The van der Waals surface area contributed by atoms with Crippen molar-refractivity contribution >= 4 is 5.97 Å². The summed E-state index contributed by atoms with van der Waals surface area (Å²) in [6.07, 6.45) is -1.11. The van der Waals surface area contributed by atoms with Crippen LogP contribution >= 0.6 is 0 Å². The Hall–Kier alpha value is -2.93. The van der Waals surface area contributed by atoms with Gasteiger partial charge in [-0.05, 0) is 44.8 Å². The van der Waals surface area contributed by atoms with Crippen LogP contribution in [0.4, 0.5) is 0 Å². The van der Waals surface area contributed by atoms with Crippen LogP contribution in [0.2, 0.25) is 0 Å². The third-order valence-corrected chi connectivity index (χ3v) is 4.40. The summed E-state index contributed by atoms with van der Waals surface area (Å²) >= 11 is 0. The largest absolute Gasteiger partial charge is 0.493 e. The number of carboxylic acids is 1. The van der Waals surface area contributed by atoms with Crippen molar-refractivity contribution in [1.82, 2.24) is 4.90 Å². The first-order chi connectivity index (χ1) is 13.5. The van der Waals surface area contributed by atoms with Gasteiger partial charge in [-0.1, -0.05) is 18.2 Å². The minimum atomic E-state index is -1.16. The topological polar surface area (TPSA) is 77.5 Å². The number of aliphatic carboxylic acids is 1. The standard InChI is InChI=1S/C21H25NO6/c1-22(2)11-6-12-26-18-13-14(9-10-15(18)25-3)19-20(21(23)24)28-17-8-5-4-7-16(17)27-19/h4-5,7-10,13,19-20H,6,11-12H2,1-3H3,(H,23,24). The van der Waals surface area contributed by atoms with E-state index in [0.29, 0.717) is 35.2 Å². The Bertz CT molecular complexity index is 822. The lowest BCUT2D eigenvalue weighted by molar-refractivity contribution is -0.151. The third-order valence-electron chi connectivity index (χ3n) is 4.40. The molecule has 2 atom stereocenters. The van der Waals surface area contributed by atoms with E-state index in [1.165, 1.54) is 0 Å². The molecule has 3 rings (SSSR count). The minimum absolute atomic E-state index is 0.417. The molecule has 0 amide bonds. The summed E-state index contributed by atoms with van der Waals surface area (Å²) in [7, 11) is 5.58. The van der Waals surface area contributed by atoms with Crippen molar-refractivity contribution in [2.24, 2.45) is 0 Å². The second-order valence-corrected chi connectivity index (χ2v) is 6.78. The highest BCUT2D eigenvalue weighted by molar-refractivity contribution is 5.75. The molecule has 2 aromatic carbocycles. The third kappa shape index (κ3) is 4.48. The van der Waals surface area contributed by atoms with Crippen LogP contribution in [0.3, 0.4) is 0 Å². The molecule has 0 fully saturated rings. The quantitative estimate of drug-likeness (QED) is 0.698. The predicted octanol–water partition coefficient (Wildman–Crippen LogP) is 2.99. The van der Waals surface area contributed by atoms with E-state index in [2.05, 4.69) is 4.90 Å². The molecule has 1 aliphatic heterocycles. The lowest BCUT2D eigenvalue weighted by atomic mass is 10.0. The van der Waals surface area contributed by atoms with E-state index in [1.807, 2.05) is 20.2 Å². The van der Waals surface area contributed by atoms with Gasteiger partial charge >= 0.3 is 5.97 Å². The van der Waals surface area contributed by atoms with E-state index in [0.717, 1.165) is 13.0 Å². The smallest absolute Gasteiger partial charge is 0.349 e. The number of carbonyl (C=O) groups is 1. The van der Waals surface area contributed by atoms with Gasteiger partial charge in [0.05, 0.1) is 13.7 Å². The van der Waals surface area contributed by atoms with E-state index < -0.39 is 18.2 Å². The fourth-order valence-corrected chi connectivity index (χ4v) is 3.01. The maximum atomic E-state index is 11.8. The van der Waals surface area contributed by atoms with E-state index in [1.54, 1.807) is 43.5 Å². The van der Waals surface area contributed by atoms with Gasteiger partial charge in [-0.15, -0.1) is 0 Å². The number of hydrogen-bond acceptors (Lipinski definition) is 6. The molecule has 0 aromatic heterocycles. The fourth-order valence-electron chi connectivity index (χ4n) is 3.01. The number of rotatable bonds is 8. The summed E-state index contributed by atoms with van der Waals surface area (Å²) in [4.78, 5) is 13.8. The zero-order valence-corrected chi connectivity index (χ0v) is 16.3. The summed E-state index contributed by atoms with van der Waals surface area (Å²) < 4.78 is 22.9. The number of methoxy groups -OCH3 is 1. The van der Waals surface area contributed by atoms with Crippen LogP contribution in [0.15, 0.2) is 42.5 Å². The first-order valence-electron chi connectivity index (χ1n) is 9.10. The Kier molecular flexibility index (Phi) is 6.26. The van der Waals surface area contributed by atoms with E-state index in [4.69, 9.17) is 18.9 Å².